The smallest absolute Gasteiger partial charge is 0.478 e. The minimum Gasteiger partial charge on any atom is -0.478 e. The fraction of sp³-hybridized carbons (Fsp3) is 0.250. The summed E-state index contributed by atoms with van der Waals surface area (Å²) in [4.78, 5) is 14.0. The number of aromatic carboxylic acids is 1. The Labute approximate surface area is 102 Å². The van der Waals surface area contributed by atoms with Crippen molar-refractivity contribution in [3.63, 3.8) is 0 Å². The first kappa shape index (κ1) is 13.0. The second-order valence-electron chi connectivity index (χ2n) is 2.77. The van der Waals surface area contributed by atoms with E-state index < -0.39 is 18.2 Å². The van der Waals surface area contributed by atoms with E-state index in [1.807, 2.05) is 0 Å². The summed E-state index contributed by atoms with van der Waals surface area (Å²) in [6.45, 7) is 1.31. The van der Waals surface area contributed by atoms with Gasteiger partial charge >= 0.3 is 12.3 Å². The van der Waals surface area contributed by atoms with Crippen LogP contribution >= 0.6 is 22.6 Å². The normalized spacial score (nSPS) is 11.3. The molecule has 0 bridgehead atoms. The first-order chi connectivity index (χ1) is 7.22. The number of hydrogen-bond donors (Lipinski definition) is 1. The highest BCUT2D eigenvalue weighted by molar-refractivity contribution is 14.1. The first-order valence-corrected chi connectivity index (χ1v) is 4.94. The fourth-order valence-corrected chi connectivity index (χ4v) is 1.53. The Morgan fingerprint density at radius 3 is 2.56 bits per heavy atom. The zero-order valence-electron chi connectivity index (χ0n) is 7.80. The van der Waals surface area contributed by atoms with E-state index in [1.54, 1.807) is 22.6 Å². The number of aromatic nitrogens is 1. The molecule has 0 aliphatic heterocycles. The van der Waals surface area contributed by atoms with E-state index in [-0.39, 0.29) is 14.7 Å². The molecule has 0 atom stereocenters. The zero-order valence-corrected chi connectivity index (χ0v) is 9.96. The van der Waals surface area contributed by atoms with Crippen molar-refractivity contribution in [1.82, 2.24) is 4.98 Å². The molecule has 0 fully saturated rings. The van der Waals surface area contributed by atoms with Crippen molar-refractivity contribution in [2.75, 3.05) is 0 Å². The lowest BCUT2D eigenvalue weighted by Crippen LogP contribution is -2.19. The number of halogens is 4. The number of carboxylic acid groups (broad SMARTS) is 1. The number of nitrogens with zero attached hydrogens (tertiary/aromatic N) is 1. The molecule has 0 aliphatic rings. The number of hydrogen-bond acceptors (Lipinski definition) is 3. The van der Waals surface area contributed by atoms with E-state index in [0.29, 0.717) is 0 Å². The fourth-order valence-electron chi connectivity index (χ4n) is 0.934. The summed E-state index contributed by atoms with van der Waals surface area (Å²) < 4.78 is 39.6. The van der Waals surface area contributed by atoms with Crippen molar-refractivity contribution >= 4 is 28.6 Å². The summed E-state index contributed by atoms with van der Waals surface area (Å²) in [5.41, 5.74) is -0.120. The van der Waals surface area contributed by atoms with Crippen LogP contribution in [0.2, 0.25) is 0 Å². The quantitative estimate of drug-likeness (QED) is 0.836. The van der Waals surface area contributed by atoms with Gasteiger partial charge in [0.25, 0.3) is 0 Å². The average molecular weight is 347 g/mol. The van der Waals surface area contributed by atoms with Gasteiger partial charge < -0.3 is 9.84 Å². The molecule has 0 saturated carbocycles. The van der Waals surface area contributed by atoms with E-state index in [0.717, 1.165) is 6.20 Å². The second-order valence-corrected chi connectivity index (χ2v) is 3.85. The van der Waals surface area contributed by atoms with Gasteiger partial charge in [0.1, 0.15) is 0 Å². The molecule has 16 heavy (non-hydrogen) atoms. The summed E-state index contributed by atoms with van der Waals surface area (Å²) in [6.07, 6.45) is -4.01. The van der Waals surface area contributed by atoms with Gasteiger partial charge in [-0.3, -0.25) is 0 Å². The Morgan fingerprint density at radius 1 is 1.56 bits per heavy atom. The van der Waals surface area contributed by atoms with Crippen molar-refractivity contribution in [2.24, 2.45) is 0 Å². The molecular formula is C8H5F3INO3. The molecule has 1 aromatic rings. The van der Waals surface area contributed by atoms with Crippen molar-refractivity contribution in [3.05, 3.63) is 20.9 Å². The second kappa shape index (κ2) is 4.44. The van der Waals surface area contributed by atoms with Crippen LogP contribution in [-0.2, 0) is 0 Å². The van der Waals surface area contributed by atoms with Gasteiger partial charge in [0.2, 0.25) is 5.88 Å². The predicted molar refractivity (Wildman–Crippen MR) is 55.3 cm³/mol. The Balaban J connectivity index is 3.17. The third kappa shape index (κ3) is 2.97. The molecule has 0 spiro atoms. The highest BCUT2D eigenvalue weighted by atomic mass is 127. The third-order valence-corrected chi connectivity index (χ3v) is 3.03. The van der Waals surface area contributed by atoms with Crippen molar-refractivity contribution in [2.45, 2.75) is 13.3 Å². The van der Waals surface area contributed by atoms with Gasteiger partial charge in [-0.15, -0.1) is 13.2 Å². The monoisotopic (exact) mass is 347 g/mol. The molecule has 0 unspecified atom stereocenters. The van der Waals surface area contributed by atoms with Crippen LogP contribution in [0.1, 0.15) is 15.9 Å². The molecule has 0 amide bonds. The number of rotatable bonds is 2. The molecule has 0 saturated heterocycles. The van der Waals surface area contributed by atoms with Crippen molar-refractivity contribution in [1.29, 1.82) is 0 Å². The van der Waals surface area contributed by atoms with Gasteiger partial charge in [0.05, 0.1) is 5.56 Å². The highest BCUT2D eigenvalue weighted by Gasteiger charge is 2.33. The van der Waals surface area contributed by atoms with Crippen LogP contribution in [0.3, 0.4) is 0 Å². The lowest BCUT2D eigenvalue weighted by molar-refractivity contribution is -0.276. The summed E-state index contributed by atoms with van der Waals surface area (Å²) in [7, 11) is 0. The Bertz CT molecular complexity index is 433. The van der Waals surface area contributed by atoms with E-state index in [2.05, 4.69) is 9.72 Å². The molecule has 0 aliphatic carbocycles. The van der Waals surface area contributed by atoms with E-state index in [9.17, 15) is 18.0 Å². The lowest BCUT2D eigenvalue weighted by atomic mass is 10.2. The molecule has 1 aromatic heterocycles. The van der Waals surface area contributed by atoms with Gasteiger partial charge in [-0.2, -0.15) is 0 Å². The van der Waals surface area contributed by atoms with Crippen LogP contribution in [0.25, 0.3) is 0 Å². The van der Waals surface area contributed by atoms with Crippen LogP contribution in [0.5, 0.6) is 5.88 Å². The topological polar surface area (TPSA) is 59.4 Å². The van der Waals surface area contributed by atoms with E-state index >= 15 is 0 Å². The van der Waals surface area contributed by atoms with Crippen LogP contribution in [-0.4, -0.2) is 22.4 Å². The Morgan fingerprint density at radius 2 is 2.12 bits per heavy atom. The minimum absolute atomic E-state index is 0.0397. The van der Waals surface area contributed by atoms with Crippen LogP contribution in [0.15, 0.2) is 6.20 Å². The molecule has 8 heteroatoms. The Kier molecular flexibility index (Phi) is 3.61. The highest BCUT2D eigenvalue weighted by Crippen LogP contribution is 2.28. The minimum atomic E-state index is -4.84. The maximum atomic E-state index is 11.9. The molecule has 1 N–H and O–H groups in total. The lowest BCUT2D eigenvalue weighted by Gasteiger charge is -2.11. The maximum absolute atomic E-state index is 11.9. The molecule has 1 heterocycles. The Hall–Kier alpha value is -1.06. The zero-order chi connectivity index (χ0) is 12.5. The van der Waals surface area contributed by atoms with Gasteiger partial charge in [0, 0.05) is 15.3 Å². The summed E-state index contributed by atoms with van der Waals surface area (Å²) in [5, 5.41) is 8.71. The summed E-state index contributed by atoms with van der Waals surface area (Å²) in [5.74, 6) is -1.89. The molecule has 0 radical (unpaired) electrons. The largest absolute Gasteiger partial charge is 0.574 e. The number of carboxylic acids is 1. The van der Waals surface area contributed by atoms with Crippen LogP contribution in [0.4, 0.5) is 13.2 Å². The molecule has 1 rings (SSSR count). The third-order valence-electron chi connectivity index (χ3n) is 1.64. The number of carbonyl (C=O) groups is 1. The van der Waals surface area contributed by atoms with Gasteiger partial charge in [-0.05, 0) is 29.5 Å². The van der Waals surface area contributed by atoms with Crippen molar-refractivity contribution < 1.29 is 27.8 Å². The molecular weight excluding hydrogens is 342 g/mol. The van der Waals surface area contributed by atoms with Gasteiger partial charge in [-0.1, -0.05) is 0 Å². The van der Waals surface area contributed by atoms with Gasteiger partial charge in [0.15, 0.2) is 0 Å². The van der Waals surface area contributed by atoms with Crippen LogP contribution in [0, 0.1) is 10.5 Å². The van der Waals surface area contributed by atoms with Crippen molar-refractivity contribution in [3.8, 4) is 5.88 Å². The first-order valence-electron chi connectivity index (χ1n) is 3.86. The molecule has 0 aromatic carbocycles. The average Bonchev–Trinajstić information content (AvgIpc) is 2.10. The summed E-state index contributed by atoms with van der Waals surface area (Å²) >= 11 is 1.63. The van der Waals surface area contributed by atoms with Crippen LogP contribution < -0.4 is 4.74 Å². The number of alkyl halides is 3. The number of pyridine rings is 1. The maximum Gasteiger partial charge on any atom is 0.574 e. The SMILES string of the molecule is Cc1c(OC(F)(F)F)ncc(C(=O)O)c1I. The molecule has 88 valence electrons. The predicted octanol–water partition coefficient (Wildman–Crippen LogP) is 2.59. The summed E-state index contributed by atoms with van der Waals surface area (Å²) in [6, 6.07) is 0. The number of ether oxygens (including phenoxy) is 1. The standard InChI is InChI=1S/C8H5F3INO3/c1-3-5(12)4(7(14)15)2-13-6(3)16-8(9,10)11/h2H,1H3,(H,14,15). The van der Waals surface area contributed by atoms with E-state index in [4.69, 9.17) is 5.11 Å². The van der Waals surface area contributed by atoms with Gasteiger partial charge in [-0.25, -0.2) is 9.78 Å². The molecule has 4 nitrogen and oxygen atoms in total. The van der Waals surface area contributed by atoms with E-state index in [1.165, 1.54) is 6.92 Å².